The number of hydrogen-bond acceptors (Lipinski definition) is 4. The van der Waals surface area contributed by atoms with Crippen LogP contribution < -0.4 is 15.4 Å². The maximum Gasteiger partial charge on any atom is 0.232 e. The first-order valence-corrected chi connectivity index (χ1v) is 6.89. The third-order valence-electron chi connectivity index (χ3n) is 4.20. The minimum absolute atomic E-state index is 0.0454. The predicted molar refractivity (Wildman–Crippen MR) is 78.0 cm³/mol. The number of anilines is 1. The van der Waals surface area contributed by atoms with Crippen LogP contribution >= 0.6 is 0 Å². The van der Waals surface area contributed by atoms with Gasteiger partial charge in [0.05, 0.1) is 18.2 Å². The van der Waals surface area contributed by atoms with Gasteiger partial charge in [-0.3, -0.25) is 4.79 Å². The van der Waals surface area contributed by atoms with Crippen LogP contribution in [0.25, 0.3) is 0 Å². The molecule has 0 bridgehead atoms. The first-order chi connectivity index (χ1) is 9.49. The lowest BCUT2D eigenvalue weighted by atomic mass is 9.75. The van der Waals surface area contributed by atoms with E-state index in [1.54, 1.807) is 19.2 Å². The Morgan fingerprint density at radius 1 is 1.50 bits per heavy atom. The number of methoxy groups -OCH3 is 1. The average molecular weight is 278 g/mol. The molecule has 0 aliphatic carbocycles. The summed E-state index contributed by atoms with van der Waals surface area (Å²) in [5.74, 6) is 0.816. The highest BCUT2D eigenvalue weighted by molar-refractivity contribution is 5.97. The van der Waals surface area contributed by atoms with Crippen molar-refractivity contribution in [2.75, 3.05) is 25.5 Å². The van der Waals surface area contributed by atoms with Crippen LogP contribution in [0.15, 0.2) is 18.2 Å². The van der Waals surface area contributed by atoms with Crippen LogP contribution in [-0.2, 0) is 4.79 Å². The third-order valence-corrected chi connectivity index (χ3v) is 4.20. The first kappa shape index (κ1) is 14.7. The highest BCUT2D eigenvalue weighted by atomic mass is 16.5. The molecule has 0 saturated carbocycles. The average Bonchev–Trinajstić information content (AvgIpc) is 2.92. The maximum absolute atomic E-state index is 12.6. The Kier molecular flexibility index (Phi) is 4.18. The van der Waals surface area contributed by atoms with Crippen LogP contribution in [0.1, 0.15) is 20.3 Å². The van der Waals surface area contributed by atoms with E-state index in [0.717, 1.165) is 13.0 Å². The van der Waals surface area contributed by atoms with Gasteiger partial charge in [-0.2, -0.15) is 0 Å². The van der Waals surface area contributed by atoms with Gasteiger partial charge in [-0.15, -0.1) is 0 Å². The van der Waals surface area contributed by atoms with Gasteiger partial charge >= 0.3 is 0 Å². The lowest BCUT2D eigenvalue weighted by Gasteiger charge is -2.31. The van der Waals surface area contributed by atoms with Crippen molar-refractivity contribution in [1.82, 2.24) is 5.32 Å². The molecule has 1 amide bonds. The molecule has 3 N–H and O–H groups in total. The molecule has 1 saturated heterocycles. The second-order valence-corrected chi connectivity index (χ2v) is 5.57. The number of benzene rings is 1. The molecule has 0 spiro atoms. The number of hydrogen-bond donors (Lipinski definition) is 3. The normalized spacial score (nSPS) is 22.0. The van der Waals surface area contributed by atoms with Gasteiger partial charge in [0.1, 0.15) is 11.5 Å². The van der Waals surface area contributed by atoms with Gasteiger partial charge in [-0.05, 0) is 31.0 Å². The number of phenolic OH excluding ortho intramolecular Hbond substituents is 1. The van der Waals surface area contributed by atoms with Gasteiger partial charge in [0.25, 0.3) is 0 Å². The van der Waals surface area contributed by atoms with Crippen LogP contribution in [0, 0.1) is 11.3 Å². The molecule has 1 fully saturated rings. The standard InChI is InChI=1S/C15H22N2O3/c1-10(2)15(6-7-16-9-15)14(19)17-12-8-11(20-3)4-5-13(12)18/h4-5,8,10,16,18H,6-7,9H2,1-3H3,(H,17,19). The van der Waals surface area contributed by atoms with Crippen molar-refractivity contribution in [3.05, 3.63) is 18.2 Å². The van der Waals surface area contributed by atoms with E-state index < -0.39 is 5.41 Å². The summed E-state index contributed by atoms with van der Waals surface area (Å²) in [5, 5.41) is 15.9. The second kappa shape index (κ2) is 5.71. The Bertz CT molecular complexity index is 494. The van der Waals surface area contributed by atoms with Crippen LogP contribution in [0.5, 0.6) is 11.5 Å². The lowest BCUT2D eigenvalue weighted by Crippen LogP contribution is -2.42. The molecule has 1 aromatic rings. The summed E-state index contributed by atoms with van der Waals surface area (Å²) in [5.41, 5.74) is -0.0310. The summed E-state index contributed by atoms with van der Waals surface area (Å²) in [6.45, 7) is 5.62. The summed E-state index contributed by atoms with van der Waals surface area (Å²) in [6.07, 6.45) is 0.807. The number of carbonyl (C=O) groups is 1. The summed E-state index contributed by atoms with van der Waals surface area (Å²) in [6, 6.07) is 4.80. The van der Waals surface area contributed by atoms with Crippen molar-refractivity contribution >= 4 is 11.6 Å². The van der Waals surface area contributed by atoms with Crippen molar-refractivity contribution in [3.63, 3.8) is 0 Å². The minimum Gasteiger partial charge on any atom is -0.506 e. The minimum atomic E-state index is -0.421. The molecule has 1 atom stereocenters. The van der Waals surface area contributed by atoms with Gasteiger partial charge in [0, 0.05) is 12.6 Å². The largest absolute Gasteiger partial charge is 0.506 e. The Labute approximate surface area is 119 Å². The fraction of sp³-hybridized carbons (Fsp3) is 0.533. The molecule has 110 valence electrons. The summed E-state index contributed by atoms with van der Waals surface area (Å²) in [7, 11) is 1.55. The van der Waals surface area contributed by atoms with E-state index in [1.165, 1.54) is 6.07 Å². The number of ether oxygens (including phenoxy) is 1. The van der Waals surface area contributed by atoms with Gasteiger partial charge < -0.3 is 20.5 Å². The fourth-order valence-electron chi connectivity index (χ4n) is 2.65. The lowest BCUT2D eigenvalue weighted by molar-refractivity contribution is -0.126. The SMILES string of the molecule is COc1ccc(O)c(NC(=O)C2(C(C)C)CCNC2)c1. The van der Waals surface area contributed by atoms with Crippen molar-refractivity contribution in [3.8, 4) is 11.5 Å². The summed E-state index contributed by atoms with van der Waals surface area (Å²) < 4.78 is 5.11. The van der Waals surface area contributed by atoms with Gasteiger partial charge in [-0.25, -0.2) is 0 Å². The molecule has 1 aliphatic rings. The van der Waals surface area contributed by atoms with E-state index in [-0.39, 0.29) is 17.6 Å². The van der Waals surface area contributed by atoms with Crippen molar-refractivity contribution < 1.29 is 14.6 Å². The number of phenols is 1. The van der Waals surface area contributed by atoms with Gasteiger partial charge in [0.2, 0.25) is 5.91 Å². The van der Waals surface area contributed by atoms with Crippen molar-refractivity contribution in [1.29, 1.82) is 0 Å². The van der Waals surface area contributed by atoms with E-state index in [4.69, 9.17) is 4.74 Å². The highest BCUT2D eigenvalue weighted by Crippen LogP contribution is 2.37. The van der Waals surface area contributed by atoms with Crippen LogP contribution in [-0.4, -0.2) is 31.2 Å². The van der Waals surface area contributed by atoms with Crippen molar-refractivity contribution in [2.45, 2.75) is 20.3 Å². The van der Waals surface area contributed by atoms with Crippen LogP contribution in [0.2, 0.25) is 0 Å². The Morgan fingerprint density at radius 2 is 2.25 bits per heavy atom. The van der Waals surface area contributed by atoms with E-state index in [2.05, 4.69) is 24.5 Å². The monoisotopic (exact) mass is 278 g/mol. The number of carbonyl (C=O) groups excluding carboxylic acids is 1. The Balaban J connectivity index is 2.22. The van der Waals surface area contributed by atoms with E-state index >= 15 is 0 Å². The molecule has 20 heavy (non-hydrogen) atoms. The Hall–Kier alpha value is -1.75. The molecule has 5 heteroatoms. The van der Waals surface area contributed by atoms with E-state index in [1.807, 2.05) is 0 Å². The molecule has 0 radical (unpaired) electrons. The quantitative estimate of drug-likeness (QED) is 0.736. The summed E-state index contributed by atoms with van der Waals surface area (Å²) in [4.78, 5) is 12.6. The smallest absolute Gasteiger partial charge is 0.232 e. The fourth-order valence-corrected chi connectivity index (χ4v) is 2.65. The third kappa shape index (κ3) is 2.58. The molecule has 2 rings (SSSR count). The molecule has 0 aromatic heterocycles. The molecular formula is C15H22N2O3. The zero-order valence-electron chi connectivity index (χ0n) is 12.2. The van der Waals surface area contributed by atoms with E-state index in [0.29, 0.717) is 18.0 Å². The summed E-state index contributed by atoms with van der Waals surface area (Å²) >= 11 is 0. The molecule has 1 aliphatic heterocycles. The molecule has 1 aromatic carbocycles. The number of aromatic hydroxyl groups is 1. The number of nitrogens with one attached hydrogen (secondary N) is 2. The van der Waals surface area contributed by atoms with Gasteiger partial charge in [0.15, 0.2) is 0 Å². The van der Waals surface area contributed by atoms with Crippen LogP contribution in [0.4, 0.5) is 5.69 Å². The highest BCUT2D eigenvalue weighted by Gasteiger charge is 2.44. The van der Waals surface area contributed by atoms with Crippen molar-refractivity contribution in [2.24, 2.45) is 11.3 Å². The molecular weight excluding hydrogens is 256 g/mol. The number of amides is 1. The molecule has 1 unspecified atom stereocenters. The van der Waals surface area contributed by atoms with Gasteiger partial charge in [-0.1, -0.05) is 13.8 Å². The zero-order valence-corrected chi connectivity index (χ0v) is 12.2. The van der Waals surface area contributed by atoms with Crippen LogP contribution in [0.3, 0.4) is 0 Å². The topological polar surface area (TPSA) is 70.6 Å². The zero-order chi connectivity index (χ0) is 14.8. The van der Waals surface area contributed by atoms with E-state index in [9.17, 15) is 9.90 Å². The maximum atomic E-state index is 12.6. The number of rotatable bonds is 4. The second-order valence-electron chi connectivity index (χ2n) is 5.57. The first-order valence-electron chi connectivity index (χ1n) is 6.89. The molecule has 5 nitrogen and oxygen atoms in total. The predicted octanol–water partition coefficient (Wildman–Crippen LogP) is 1.97. The Morgan fingerprint density at radius 3 is 2.80 bits per heavy atom. The molecule has 1 heterocycles.